The van der Waals surface area contributed by atoms with Crippen LogP contribution in [-0.2, 0) is 0 Å². The maximum atomic E-state index is 12.2. The van der Waals surface area contributed by atoms with Gasteiger partial charge < -0.3 is 10.6 Å². The Kier molecular flexibility index (Phi) is 4.80. The summed E-state index contributed by atoms with van der Waals surface area (Å²) in [6, 6.07) is 3.62. The number of hydrogen-bond acceptors (Lipinski definition) is 4. The summed E-state index contributed by atoms with van der Waals surface area (Å²) in [6.45, 7) is 6.70. The van der Waals surface area contributed by atoms with Crippen molar-refractivity contribution in [2.45, 2.75) is 26.8 Å². The van der Waals surface area contributed by atoms with E-state index in [-0.39, 0.29) is 17.6 Å². The summed E-state index contributed by atoms with van der Waals surface area (Å²) in [5.41, 5.74) is 0.799. The molecule has 0 spiro atoms. The maximum absolute atomic E-state index is 12.2. The lowest BCUT2D eigenvalue weighted by Gasteiger charge is -2.07. The zero-order valence-corrected chi connectivity index (χ0v) is 13.0. The van der Waals surface area contributed by atoms with Crippen LogP contribution < -0.4 is 10.6 Å². The number of anilines is 2. The van der Waals surface area contributed by atoms with Gasteiger partial charge >= 0.3 is 0 Å². The molecule has 2 rings (SSSR count). The smallest absolute Gasteiger partial charge is 0.275 e. The third kappa shape index (κ3) is 3.72. The molecule has 1 amide bonds. The number of carbonyl (C=O) groups is 1. The first kappa shape index (κ1) is 15.3. The number of amides is 1. The molecule has 0 aliphatic heterocycles. The van der Waals surface area contributed by atoms with Crippen molar-refractivity contribution in [3.05, 3.63) is 35.2 Å². The van der Waals surface area contributed by atoms with Gasteiger partial charge in [0.2, 0.25) is 0 Å². The highest BCUT2D eigenvalue weighted by atomic mass is 35.5. The minimum Gasteiger partial charge on any atom is -0.370 e. The van der Waals surface area contributed by atoms with Crippen LogP contribution in [0.3, 0.4) is 0 Å². The van der Waals surface area contributed by atoms with Crippen LogP contribution in [0.15, 0.2) is 24.5 Å². The van der Waals surface area contributed by atoms with Gasteiger partial charge in [0, 0.05) is 18.8 Å². The molecule has 7 heteroatoms. The van der Waals surface area contributed by atoms with Gasteiger partial charge in [0.1, 0.15) is 11.5 Å². The van der Waals surface area contributed by atoms with Gasteiger partial charge in [0.15, 0.2) is 0 Å². The number of hydrogen-bond donors (Lipinski definition) is 2. The highest BCUT2D eigenvalue weighted by Gasteiger charge is 2.14. The Hall–Kier alpha value is -2.08. The second kappa shape index (κ2) is 6.58. The van der Waals surface area contributed by atoms with Gasteiger partial charge in [-0.3, -0.25) is 9.48 Å². The Bertz CT molecular complexity index is 638. The first-order valence-corrected chi connectivity index (χ1v) is 7.15. The molecular formula is C14H18ClN5O. The van der Waals surface area contributed by atoms with E-state index in [2.05, 4.69) is 20.7 Å². The van der Waals surface area contributed by atoms with E-state index in [9.17, 15) is 4.79 Å². The first-order valence-electron chi connectivity index (χ1n) is 6.77. The predicted octanol–water partition coefficient (Wildman–Crippen LogP) is 3.20. The zero-order valence-electron chi connectivity index (χ0n) is 12.2. The molecule has 0 aliphatic carbocycles. The van der Waals surface area contributed by atoms with Crippen LogP contribution >= 0.6 is 11.6 Å². The summed E-state index contributed by atoms with van der Waals surface area (Å²) in [5, 5.41) is 10.3. The molecule has 0 fully saturated rings. The van der Waals surface area contributed by atoms with Crippen molar-refractivity contribution in [3.63, 3.8) is 0 Å². The van der Waals surface area contributed by atoms with E-state index >= 15 is 0 Å². The standard InChI is InChI=1S/C14H18ClN5O/c1-4-16-12-6-5-11(15)13(19-12)14(21)18-10-7-17-20(8-10)9(2)3/h5-9H,4H2,1-3H3,(H,16,19)(H,18,21). The Morgan fingerprint density at radius 3 is 2.81 bits per heavy atom. The van der Waals surface area contributed by atoms with Gasteiger partial charge in [-0.15, -0.1) is 0 Å². The summed E-state index contributed by atoms with van der Waals surface area (Å²) in [4.78, 5) is 16.5. The summed E-state index contributed by atoms with van der Waals surface area (Å²) in [7, 11) is 0. The minimum atomic E-state index is -0.358. The summed E-state index contributed by atoms with van der Waals surface area (Å²) in [5.74, 6) is 0.257. The van der Waals surface area contributed by atoms with Crippen molar-refractivity contribution in [1.29, 1.82) is 0 Å². The Morgan fingerprint density at radius 1 is 1.43 bits per heavy atom. The molecule has 2 aromatic rings. The van der Waals surface area contributed by atoms with Gasteiger partial charge in [-0.2, -0.15) is 5.10 Å². The number of carbonyl (C=O) groups excluding carboxylic acids is 1. The Labute approximate surface area is 128 Å². The first-order chi connectivity index (χ1) is 10.0. The third-order valence-corrected chi connectivity index (χ3v) is 3.11. The monoisotopic (exact) mass is 307 g/mol. The second-order valence-electron chi connectivity index (χ2n) is 4.81. The van der Waals surface area contributed by atoms with Gasteiger partial charge in [0.25, 0.3) is 5.91 Å². The highest BCUT2D eigenvalue weighted by Crippen LogP contribution is 2.18. The fraction of sp³-hybridized carbons (Fsp3) is 0.357. The van der Waals surface area contributed by atoms with Crippen molar-refractivity contribution in [3.8, 4) is 0 Å². The fourth-order valence-electron chi connectivity index (χ4n) is 1.76. The van der Waals surface area contributed by atoms with Crippen molar-refractivity contribution in [1.82, 2.24) is 14.8 Å². The molecule has 0 saturated carbocycles. The zero-order chi connectivity index (χ0) is 15.4. The normalized spacial score (nSPS) is 10.7. The molecule has 0 aliphatic rings. The molecule has 21 heavy (non-hydrogen) atoms. The number of nitrogens with one attached hydrogen (secondary N) is 2. The van der Waals surface area contributed by atoms with Crippen molar-refractivity contribution in [2.75, 3.05) is 17.2 Å². The van der Waals surface area contributed by atoms with Crippen LogP contribution in [0.2, 0.25) is 5.02 Å². The van der Waals surface area contributed by atoms with Crippen LogP contribution in [0.5, 0.6) is 0 Å². The van der Waals surface area contributed by atoms with Gasteiger partial charge in [0.05, 0.1) is 16.9 Å². The Balaban J connectivity index is 2.17. The lowest BCUT2D eigenvalue weighted by Crippen LogP contribution is -2.15. The minimum absolute atomic E-state index is 0.187. The van der Waals surface area contributed by atoms with Crippen LogP contribution in [0.4, 0.5) is 11.5 Å². The van der Waals surface area contributed by atoms with Crippen molar-refractivity contribution < 1.29 is 4.79 Å². The number of rotatable bonds is 5. The number of pyridine rings is 1. The van der Waals surface area contributed by atoms with E-state index in [4.69, 9.17) is 11.6 Å². The molecule has 2 N–H and O–H groups in total. The van der Waals surface area contributed by atoms with Crippen LogP contribution in [0.1, 0.15) is 37.3 Å². The molecule has 2 aromatic heterocycles. The molecule has 112 valence electrons. The highest BCUT2D eigenvalue weighted by molar-refractivity contribution is 6.34. The molecule has 0 unspecified atom stereocenters. The molecular weight excluding hydrogens is 290 g/mol. The van der Waals surface area contributed by atoms with Crippen molar-refractivity contribution in [2.24, 2.45) is 0 Å². The van der Waals surface area contributed by atoms with Crippen LogP contribution in [0, 0.1) is 0 Å². The van der Waals surface area contributed by atoms with Crippen molar-refractivity contribution >= 4 is 29.0 Å². The molecule has 0 aromatic carbocycles. The number of halogens is 1. The summed E-state index contributed by atoms with van der Waals surface area (Å²) in [6.07, 6.45) is 3.37. The molecule has 2 heterocycles. The third-order valence-electron chi connectivity index (χ3n) is 2.81. The predicted molar refractivity (Wildman–Crippen MR) is 84.0 cm³/mol. The van der Waals surface area contributed by atoms with Crippen LogP contribution in [0.25, 0.3) is 0 Å². The topological polar surface area (TPSA) is 71.8 Å². The van der Waals surface area contributed by atoms with E-state index in [1.165, 1.54) is 0 Å². The number of aromatic nitrogens is 3. The average Bonchev–Trinajstić information content (AvgIpc) is 2.90. The SMILES string of the molecule is CCNc1ccc(Cl)c(C(=O)Nc2cnn(C(C)C)c2)n1. The average molecular weight is 308 g/mol. The van der Waals surface area contributed by atoms with E-state index in [0.29, 0.717) is 16.5 Å². The van der Waals surface area contributed by atoms with Gasteiger partial charge in [-0.1, -0.05) is 11.6 Å². The lowest BCUT2D eigenvalue weighted by atomic mass is 10.3. The molecule has 0 saturated heterocycles. The number of nitrogens with zero attached hydrogens (tertiary/aromatic N) is 3. The largest absolute Gasteiger partial charge is 0.370 e. The molecule has 0 bridgehead atoms. The van der Waals surface area contributed by atoms with E-state index < -0.39 is 0 Å². The fourth-order valence-corrected chi connectivity index (χ4v) is 1.95. The van der Waals surface area contributed by atoms with E-state index in [1.54, 1.807) is 29.2 Å². The summed E-state index contributed by atoms with van der Waals surface area (Å²) < 4.78 is 1.76. The second-order valence-corrected chi connectivity index (χ2v) is 5.22. The molecule has 0 radical (unpaired) electrons. The molecule has 6 nitrogen and oxygen atoms in total. The van der Waals surface area contributed by atoms with Crippen LogP contribution in [-0.4, -0.2) is 27.2 Å². The quantitative estimate of drug-likeness (QED) is 0.890. The summed E-state index contributed by atoms with van der Waals surface area (Å²) >= 11 is 6.04. The maximum Gasteiger partial charge on any atom is 0.275 e. The van der Waals surface area contributed by atoms with E-state index in [1.807, 2.05) is 20.8 Å². The molecule has 0 atom stereocenters. The van der Waals surface area contributed by atoms with E-state index in [0.717, 1.165) is 6.54 Å². The van der Waals surface area contributed by atoms with Gasteiger partial charge in [-0.25, -0.2) is 4.98 Å². The van der Waals surface area contributed by atoms with Gasteiger partial charge in [-0.05, 0) is 32.9 Å². The Morgan fingerprint density at radius 2 is 2.19 bits per heavy atom. The lowest BCUT2D eigenvalue weighted by molar-refractivity contribution is 0.102.